The Morgan fingerprint density at radius 3 is 0.835 bits per heavy atom. The minimum absolute atomic E-state index is 0.101. The van der Waals surface area contributed by atoms with Crippen molar-refractivity contribution in [2.45, 2.75) is 337 Å². The number of hydrogen-bond acceptors (Lipinski definition) is 15. The minimum Gasteiger partial charge on any atom is -0.462 e. The summed E-state index contributed by atoms with van der Waals surface area (Å²) in [6.45, 7) is 13.9. The Balaban J connectivity index is 5.20. The maximum atomic E-state index is 13.0. The van der Waals surface area contributed by atoms with E-state index in [1.54, 1.807) is 0 Å². The third-order valence-corrected chi connectivity index (χ3v) is 17.3. The van der Waals surface area contributed by atoms with Crippen LogP contribution in [0, 0.1) is 23.7 Å². The Morgan fingerprint density at radius 2 is 0.565 bits per heavy atom. The molecule has 504 valence electrons. The van der Waals surface area contributed by atoms with E-state index in [9.17, 15) is 43.2 Å². The zero-order valence-electron chi connectivity index (χ0n) is 55.2. The van der Waals surface area contributed by atoms with Crippen LogP contribution in [0.5, 0.6) is 0 Å². The lowest BCUT2D eigenvalue weighted by atomic mass is 10.00. The molecule has 19 heteroatoms. The summed E-state index contributed by atoms with van der Waals surface area (Å²) in [6, 6.07) is 0. The molecule has 3 unspecified atom stereocenters. The van der Waals surface area contributed by atoms with Crippen molar-refractivity contribution in [2.24, 2.45) is 23.7 Å². The quantitative estimate of drug-likeness (QED) is 0.0222. The fraction of sp³-hybridized carbons (Fsp3) is 0.939. The van der Waals surface area contributed by atoms with Crippen LogP contribution in [0.1, 0.15) is 319 Å². The van der Waals surface area contributed by atoms with Crippen LogP contribution in [0.25, 0.3) is 0 Å². The molecule has 0 aliphatic rings. The fourth-order valence-electron chi connectivity index (χ4n) is 9.75. The van der Waals surface area contributed by atoms with Crippen molar-refractivity contribution in [1.29, 1.82) is 0 Å². The molecular formula is C66H128O17P2. The molecule has 0 heterocycles. The molecule has 0 fully saturated rings. The Kier molecular flexibility index (Phi) is 54.8. The van der Waals surface area contributed by atoms with E-state index in [1.165, 1.54) is 109 Å². The molecule has 17 nitrogen and oxygen atoms in total. The largest absolute Gasteiger partial charge is 0.472 e. The number of unbranched alkanes of at least 4 members (excludes halogenated alkanes) is 28. The number of phosphoric acid groups is 2. The number of esters is 4. The van der Waals surface area contributed by atoms with Crippen molar-refractivity contribution in [1.82, 2.24) is 0 Å². The standard InChI is InChI=1S/C66H128O17P2/c1-9-59(8)45-37-29-22-25-31-39-47-64(69)77-53-62(83-66(71)49-41-33-24-21-28-36-44-58(6)7)55-81-85(74,75)79-51-60(67)50-78-84(72,73)80-54-61(52-76-63(68)46-38-30-23-20-27-35-43-57(4)5)82-65(70)48-40-32-19-17-15-13-11-10-12-14-16-18-26-34-42-56(2)3/h56-62,67H,9-55H2,1-8H3,(H,72,73)(H,74,75)/t59?,60-,61-,62-/m1/s1. The van der Waals surface area contributed by atoms with Crippen LogP contribution in [0.2, 0.25) is 0 Å². The Hall–Kier alpha value is -1.94. The Morgan fingerprint density at radius 1 is 0.329 bits per heavy atom. The molecule has 3 N–H and O–H groups in total. The minimum atomic E-state index is -4.95. The second-order valence-electron chi connectivity index (χ2n) is 25.5. The molecule has 0 spiro atoms. The molecule has 0 saturated heterocycles. The van der Waals surface area contributed by atoms with Crippen molar-refractivity contribution < 1.29 is 80.2 Å². The Bertz CT molecular complexity index is 1700. The fourth-order valence-corrected chi connectivity index (χ4v) is 11.3. The molecule has 85 heavy (non-hydrogen) atoms. The van der Waals surface area contributed by atoms with Gasteiger partial charge in [-0.3, -0.25) is 37.3 Å². The summed E-state index contributed by atoms with van der Waals surface area (Å²) in [5.74, 6) is 0.733. The van der Waals surface area contributed by atoms with Crippen LogP contribution in [0.15, 0.2) is 0 Å². The zero-order chi connectivity index (χ0) is 63.2. The van der Waals surface area contributed by atoms with Crippen molar-refractivity contribution in [3.05, 3.63) is 0 Å². The predicted molar refractivity (Wildman–Crippen MR) is 340 cm³/mol. The number of carbonyl (C=O) groups is 4. The van der Waals surface area contributed by atoms with Gasteiger partial charge in [0.15, 0.2) is 12.2 Å². The van der Waals surface area contributed by atoms with E-state index in [0.29, 0.717) is 37.5 Å². The van der Waals surface area contributed by atoms with Gasteiger partial charge < -0.3 is 33.8 Å². The summed E-state index contributed by atoms with van der Waals surface area (Å²) in [5.41, 5.74) is 0. The third kappa shape index (κ3) is 59.5. The number of phosphoric ester groups is 2. The highest BCUT2D eigenvalue weighted by Crippen LogP contribution is 2.45. The molecule has 6 atom stereocenters. The van der Waals surface area contributed by atoms with Crippen LogP contribution >= 0.6 is 15.6 Å². The van der Waals surface area contributed by atoms with Gasteiger partial charge in [-0.25, -0.2) is 9.13 Å². The molecule has 0 aromatic carbocycles. The topological polar surface area (TPSA) is 237 Å². The third-order valence-electron chi connectivity index (χ3n) is 15.4. The van der Waals surface area contributed by atoms with Gasteiger partial charge in [-0.15, -0.1) is 0 Å². The number of hydrogen-bond donors (Lipinski definition) is 3. The number of rotatable bonds is 63. The van der Waals surface area contributed by atoms with Crippen molar-refractivity contribution in [3.8, 4) is 0 Å². The molecule has 0 aromatic rings. The highest BCUT2D eigenvalue weighted by Gasteiger charge is 2.30. The second kappa shape index (κ2) is 56.1. The Labute approximate surface area is 517 Å². The first-order chi connectivity index (χ1) is 40.6. The van der Waals surface area contributed by atoms with E-state index in [1.807, 2.05) is 0 Å². The van der Waals surface area contributed by atoms with Crippen LogP contribution in [-0.2, 0) is 65.4 Å². The van der Waals surface area contributed by atoms with Crippen LogP contribution in [-0.4, -0.2) is 96.7 Å². The lowest BCUT2D eigenvalue weighted by Crippen LogP contribution is -2.30. The van der Waals surface area contributed by atoms with Crippen LogP contribution in [0.3, 0.4) is 0 Å². The summed E-state index contributed by atoms with van der Waals surface area (Å²) in [4.78, 5) is 72.2. The molecule has 0 rings (SSSR count). The van der Waals surface area contributed by atoms with Crippen molar-refractivity contribution in [2.75, 3.05) is 39.6 Å². The van der Waals surface area contributed by atoms with E-state index in [4.69, 9.17) is 37.0 Å². The predicted octanol–water partition coefficient (Wildman–Crippen LogP) is 18.1. The maximum Gasteiger partial charge on any atom is 0.472 e. The average molecular weight is 1260 g/mol. The molecular weight excluding hydrogens is 1130 g/mol. The monoisotopic (exact) mass is 1250 g/mol. The summed E-state index contributed by atoms with van der Waals surface area (Å²) in [5, 5.41) is 10.5. The molecule has 0 amide bonds. The van der Waals surface area contributed by atoms with Gasteiger partial charge >= 0.3 is 39.5 Å². The maximum absolute atomic E-state index is 13.0. The van der Waals surface area contributed by atoms with Crippen LogP contribution < -0.4 is 0 Å². The van der Waals surface area contributed by atoms with Gasteiger partial charge in [-0.05, 0) is 49.4 Å². The van der Waals surface area contributed by atoms with E-state index < -0.39 is 97.5 Å². The van der Waals surface area contributed by atoms with E-state index in [-0.39, 0.29) is 25.7 Å². The number of ether oxygens (including phenoxy) is 4. The van der Waals surface area contributed by atoms with Crippen molar-refractivity contribution >= 4 is 39.5 Å². The summed E-state index contributed by atoms with van der Waals surface area (Å²) in [6.07, 6.45) is 36.6. The zero-order valence-corrected chi connectivity index (χ0v) is 57.0. The summed E-state index contributed by atoms with van der Waals surface area (Å²) >= 11 is 0. The second-order valence-corrected chi connectivity index (χ2v) is 28.4. The first-order valence-electron chi connectivity index (χ1n) is 34.2. The molecule has 0 bridgehead atoms. The summed E-state index contributed by atoms with van der Waals surface area (Å²) in [7, 11) is -9.89. The van der Waals surface area contributed by atoms with Gasteiger partial charge in [0, 0.05) is 25.7 Å². The number of carbonyl (C=O) groups excluding carboxylic acids is 4. The molecule has 0 saturated carbocycles. The van der Waals surface area contributed by atoms with Gasteiger partial charge in [0.05, 0.1) is 26.4 Å². The van der Waals surface area contributed by atoms with Gasteiger partial charge in [0.1, 0.15) is 19.3 Å². The highest BCUT2D eigenvalue weighted by molar-refractivity contribution is 7.47. The lowest BCUT2D eigenvalue weighted by molar-refractivity contribution is -0.161. The molecule has 0 radical (unpaired) electrons. The molecule has 0 aliphatic carbocycles. The van der Waals surface area contributed by atoms with Gasteiger partial charge in [-0.2, -0.15) is 0 Å². The van der Waals surface area contributed by atoms with E-state index >= 15 is 0 Å². The van der Waals surface area contributed by atoms with E-state index in [2.05, 4.69) is 55.4 Å². The first kappa shape index (κ1) is 83.1. The van der Waals surface area contributed by atoms with Crippen LogP contribution in [0.4, 0.5) is 0 Å². The number of aliphatic hydroxyl groups is 1. The van der Waals surface area contributed by atoms with E-state index in [0.717, 1.165) is 115 Å². The lowest BCUT2D eigenvalue weighted by Gasteiger charge is -2.21. The molecule has 0 aromatic heterocycles. The van der Waals surface area contributed by atoms with Crippen molar-refractivity contribution in [3.63, 3.8) is 0 Å². The van der Waals surface area contributed by atoms with Gasteiger partial charge in [-0.1, -0.05) is 267 Å². The average Bonchev–Trinajstić information content (AvgIpc) is 3.58. The van der Waals surface area contributed by atoms with Gasteiger partial charge in [0.25, 0.3) is 0 Å². The SMILES string of the molecule is CCC(C)CCCCCCCCC(=O)OC[C@H](COP(=O)(O)OC[C@H](O)COP(=O)(O)OC[C@@H](COC(=O)CCCCCCCCC(C)C)OC(=O)CCCCCCCCCCCCCCCCC(C)C)OC(=O)CCCCCCCCC(C)C. The number of aliphatic hydroxyl groups excluding tert-OH is 1. The smallest absolute Gasteiger partial charge is 0.462 e. The first-order valence-corrected chi connectivity index (χ1v) is 37.2. The normalized spacial score (nSPS) is 14.7. The summed E-state index contributed by atoms with van der Waals surface area (Å²) < 4.78 is 68.0. The van der Waals surface area contributed by atoms with Gasteiger partial charge in [0.2, 0.25) is 0 Å². The molecule has 0 aliphatic heterocycles. The highest BCUT2D eigenvalue weighted by atomic mass is 31.2.